The molecular weight excluding hydrogens is 406 g/mol. The van der Waals surface area contributed by atoms with Gasteiger partial charge in [0.25, 0.3) is 11.8 Å². The van der Waals surface area contributed by atoms with Crippen LogP contribution in [0.25, 0.3) is 0 Å². The number of ether oxygens (including phenoxy) is 1. The van der Waals surface area contributed by atoms with Crippen LogP contribution in [0.15, 0.2) is 85.1 Å². The maximum absolute atomic E-state index is 12.5. The van der Waals surface area contributed by atoms with Gasteiger partial charge in [-0.05, 0) is 42.0 Å². The van der Waals surface area contributed by atoms with Crippen molar-refractivity contribution in [3.05, 3.63) is 102 Å². The molecule has 1 heterocycles. The van der Waals surface area contributed by atoms with E-state index in [0.29, 0.717) is 29.2 Å². The number of hydrogen-bond acceptors (Lipinski definition) is 5. The molecule has 0 aliphatic rings. The Morgan fingerprint density at radius 1 is 0.875 bits per heavy atom. The van der Waals surface area contributed by atoms with Gasteiger partial charge in [-0.1, -0.05) is 47.7 Å². The van der Waals surface area contributed by atoms with Crippen molar-refractivity contribution >= 4 is 23.2 Å². The van der Waals surface area contributed by atoms with Crippen LogP contribution < -0.4 is 15.4 Å². The van der Waals surface area contributed by atoms with Crippen molar-refractivity contribution in [3.63, 3.8) is 0 Å². The van der Waals surface area contributed by atoms with E-state index in [1.54, 1.807) is 54.4 Å². The predicted octanol–water partition coefficient (Wildman–Crippen LogP) is 3.84. The number of nitrogens with one attached hydrogen (secondary N) is 2. The van der Waals surface area contributed by atoms with E-state index in [0.717, 1.165) is 5.56 Å². The zero-order chi connectivity index (χ0) is 22.3. The molecule has 2 N–H and O–H groups in total. The molecule has 32 heavy (non-hydrogen) atoms. The lowest BCUT2D eigenvalue weighted by atomic mass is 10.2. The zero-order valence-corrected chi connectivity index (χ0v) is 17.4. The maximum atomic E-state index is 12.5. The van der Waals surface area contributed by atoms with Crippen LogP contribution >= 0.6 is 0 Å². The van der Waals surface area contributed by atoms with Gasteiger partial charge in [-0.2, -0.15) is 0 Å². The van der Waals surface area contributed by atoms with Gasteiger partial charge in [0.15, 0.2) is 5.69 Å². The Labute approximate surface area is 184 Å². The fourth-order valence-corrected chi connectivity index (χ4v) is 3.09. The van der Waals surface area contributed by atoms with Gasteiger partial charge >= 0.3 is 0 Å². The number of nitrogens with zero attached hydrogens (tertiary/aromatic N) is 3. The largest absolute Gasteiger partial charge is 0.495 e. The molecule has 3 aromatic carbocycles. The Balaban J connectivity index is 1.37. The first-order chi connectivity index (χ1) is 15.6. The second kappa shape index (κ2) is 9.57. The van der Waals surface area contributed by atoms with E-state index in [-0.39, 0.29) is 17.5 Å². The van der Waals surface area contributed by atoms with Crippen LogP contribution in [-0.4, -0.2) is 33.9 Å². The molecule has 0 unspecified atom stereocenters. The van der Waals surface area contributed by atoms with Gasteiger partial charge in [0.1, 0.15) is 5.75 Å². The van der Waals surface area contributed by atoms with Crippen LogP contribution in [0.4, 0.5) is 11.4 Å². The van der Waals surface area contributed by atoms with Crippen LogP contribution in [0.2, 0.25) is 0 Å². The van der Waals surface area contributed by atoms with Crippen LogP contribution in [0.1, 0.15) is 26.4 Å². The fraction of sp³-hybridized carbons (Fsp3) is 0.0833. The number of methoxy groups -OCH3 is 1. The number of aromatic nitrogens is 3. The third-order valence-corrected chi connectivity index (χ3v) is 4.72. The summed E-state index contributed by atoms with van der Waals surface area (Å²) in [7, 11) is 1.54. The van der Waals surface area contributed by atoms with Crippen molar-refractivity contribution in [1.29, 1.82) is 0 Å². The van der Waals surface area contributed by atoms with Crippen molar-refractivity contribution in [3.8, 4) is 5.75 Å². The summed E-state index contributed by atoms with van der Waals surface area (Å²) in [6.45, 7) is 0.525. The molecule has 0 saturated carbocycles. The van der Waals surface area contributed by atoms with E-state index in [1.165, 1.54) is 0 Å². The Morgan fingerprint density at radius 2 is 1.59 bits per heavy atom. The molecule has 0 spiro atoms. The number of carbonyl (C=O) groups is 2. The van der Waals surface area contributed by atoms with E-state index in [2.05, 4.69) is 20.9 Å². The minimum Gasteiger partial charge on any atom is -0.495 e. The van der Waals surface area contributed by atoms with Gasteiger partial charge in [-0.25, -0.2) is 4.68 Å². The minimum atomic E-state index is -0.379. The molecule has 0 aliphatic carbocycles. The summed E-state index contributed by atoms with van der Waals surface area (Å²) in [4.78, 5) is 25.0. The fourth-order valence-electron chi connectivity index (χ4n) is 3.09. The number of amides is 2. The lowest BCUT2D eigenvalue weighted by molar-refractivity contribution is 0.101. The first kappa shape index (κ1) is 20.8. The molecule has 8 nitrogen and oxygen atoms in total. The normalized spacial score (nSPS) is 10.4. The summed E-state index contributed by atoms with van der Waals surface area (Å²) < 4.78 is 6.85. The average Bonchev–Trinajstić information content (AvgIpc) is 3.29. The summed E-state index contributed by atoms with van der Waals surface area (Å²) in [5, 5.41) is 13.5. The van der Waals surface area contributed by atoms with Crippen LogP contribution in [0.5, 0.6) is 5.75 Å². The molecule has 160 valence electrons. The summed E-state index contributed by atoms with van der Waals surface area (Å²) in [6.07, 6.45) is 1.59. The quantitative estimate of drug-likeness (QED) is 0.467. The van der Waals surface area contributed by atoms with Crippen LogP contribution in [0, 0.1) is 0 Å². The van der Waals surface area contributed by atoms with Crippen molar-refractivity contribution in [2.75, 3.05) is 17.7 Å². The number of para-hydroxylation sites is 2. The molecule has 0 aliphatic heterocycles. The van der Waals surface area contributed by atoms with Crippen LogP contribution in [0.3, 0.4) is 0 Å². The maximum Gasteiger partial charge on any atom is 0.277 e. The number of carbonyl (C=O) groups excluding carboxylic acids is 2. The summed E-state index contributed by atoms with van der Waals surface area (Å²) in [5.74, 6) is -0.0863. The number of benzene rings is 3. The molecule has 0 atom stereocenters. The molecule has 0 radical (unpaired) electrons. The Hall–Kier alpha value is -4.46. The molecule has 2 amide bonds. The minimum absolute atomic E-state index is 0.207. The second-order valence-corrected chi connectivity index (χ2v) is 6.97. The van der Waals surface area contributed by atoms with E-state index in [9.17, 15) is 9.59 Å². The van der Waals surface area contributed by atoms with Crippen molar-refractivity contribution < 1.29 is 14.3 Å². The summed E-state index contributed by atoms with van der Waals surface area (Å²) in [6, 6.07) is 23.5. The lowest BCUT2D eigenvalue weighted by Crippen LogP contribution is -2.14. The van der Waals surface area contributed by atoms with E-state index >= 15 is 0 Å². The Kier molecular flexibility index (Phi) is 6.22. The van der Waals surface area contributed by atoms with Gasteiger partial charge in [0.05, 0.1) is 25.5 Å². The number of anilines is 2. The first-order valence-electron chi connectivity index (χ1n) is 9.92. The van der Waals surface area contributed by atoms with Gasteiger partial charge in [-0.3, -0.25) is 9.59 Å². The van der Waals surface area contributed by atoms with Crippen molar-refractivity contribution in [2.24, 2.45) is 0 Å². The average molecular weight is 427 g/mol. The van der Waals surface area contributed by atoms with E-state index in [1.807, 2.05) is 42.5 Å². The molecule has 1 aromatic heterocycles. The molecule has 4 aromatic rings. The van der Waals surface area contributed by atoms with Gasteiger partial charge < -0.3 is 15.4 Å². The monoisotopic (exact) mass is 427 g/mol. The molecular formula is C24H21N5O3. The molecule has 8 heteroatoms. The topological polar surface area (TPSA) is 98.1 Å². The highest BCUT2D eigenvalue weighted by Gasteiger charge is 2.13. The first-order valence-corrected chi connectivity index (χ1v) is 9.92. The predicted molar refractivity (Wildman–Crippen MR) is 121 cm³/mol. The second-order valence-electron chi connectivity index (χ2n) is 6.97. The summed E-state index contributed by atoms with van der Waals surface area (Å²) >= 11 is 0. The third-order valence-electron chi connectivity index (χ3n) is 4.72. The SMILES string of the molecule is COc1ccccc1NC(=O)c1ccc(NC(=O)c2cn(Cc3ccccc3)nn2)cc1. The zero-order valence-electron chi connectivity index (χ0n) is 17.4. The van der Waals surface area contributed by atoms with Crippen LogP contribution in [-0.2, 0) is 6.54 Å². The molecule has 0 saturated heterocycles. The number of hydrogen-bond donors (Lipinski definition) is 2. The molecule has 0 bridgehead atoms. The van der Waals surface area contributed by atoms with E-state index in [4.69, 9.17) is 4.74 Å². The highest BCUT2D eigenvalue weighted by atomic mass is 16.5. The third kappa shape index (κ3) is 4.99. The number of rotatable bonds is 7. The Bertz CT molecular complexity index is 1220. The standard InChI is InChI=1S/C24H21N5O3/c1-32-22-10-6-5-9-20(22)26-23(30)18-11-13-19(14-12-18)25-24(31)21-16-29(28-27-21)15-17-7-3-2-4-8-17/h2-14,16H,15H2,1H3,(H,25,31)(H,26,30). The highest BCUT2D eigenvalue weighted by molar-refractivity contribution is 6.06. The smallest absolute Gasteiger partial charge is 0.277 e. The molecule has 0 fully saturated rings. The Morgan fingerprint density at radius 3 is 2.34 bits per heavy atom. The van der Waals surface area contributed by atoms with E-state index < -0.39 is 0 Å². The van der Waals surface area contributed by atoms with Gasteiger partial charge in [-0.15, -0.1) is 5.10 Å². The molecule has 4 rings (SSSR count). The van der Waals surface area contributed by atoms with Crippen molar-refractivity contribution in [2.45, 2.75) is 6.54 Å². The van der Waals surface area contributed by atoms with Crippen molar-refractivity contribution in [1.82, 2.24) is 15.0 Å². The highest BCUT2D eigenvalue weighted by Crippen LogP contribution is 2.24. The summed E-state index contributed by atoms with van der Waals surface area (Å²) in [5.41, 5.74) is 2.84. The van der Waals surface area contributed by atoms with Gasteiger partial charge in [0, 0.05) is 11.3 Å². The van der Waals surface area contributed by atoms with Gasteiger partial charge in [0.2, 0.25) is 0 Å². The lowest BCUT2D eigenvalue weighted by Gasteiger charge is -2.10.